The maximum Gasteiger partial charge on any atom is 0.124 e. The van der Waals surface area contributed by atoms with Crippen molar-refractivity contribution in [1.29, 1.82) is 0 Å². The first kappa shape index (κ1) is 19.6. The van der Waals surface area contributed by atoms with Gasteiger partial charge in [0.1, 0.15) is 6.17 Å². The summed E-state index contributed by atoms with van der Waals surface area (Å²) in [7, 11) is 0. The van der Waals surface area contributed by atoms with E-state index >= 15 is 0 Å². The fourth-order valence-corrected chi connectivity index (χ4v) is 4.51. The highest BCUT2D eigenvalue weighted by Crippen LogP contribution is 2.41. The number of aromatic nitrogens is 1. The van der Waals surface area contributed by atoms with Gasteiger partial charge in [0.05, 0.1) is 17.1 Å². The van der Waals surface area contributed by atoms with Crippen LogP contribution in [0.4, 0.5) is 11.4 Å². The summed E-state index contributed by atoms with van der Waals surface area (Å²) in [4.78, 5) is 4.73. The van der Waals surface area contributed by atoms with Gasteiger partial charge in [0.2, 0.25) is 0 Å². The summed E-state index contributed by atoms with van der Waals surface area (Å²) < 4.78 is 0. The second-order valence-electron chi connectivity index (χ2n) is 9.34. The van der Waals surface area contributed by atoms with Crippen LogP contribution in [0.5, 0.6) is 0 Å². The van der Waals surface area contributed by atoms with E-state index in [2.05, 4.69) is 99.0 Å². The highest BCUT2D eigenvalue weighted by atomic mass is 15.2. The molecule has 4 aromatic rings. The molecule has 0 saturated carbocycles. The van der Waals surface area contributed by atoms with Gasteiger partial charge < -0.3 is 10.6 Å². The number of hydrogen-bond donors (Lipinski definition) is 2. The van der Waals surface area contributed by atoms with Crippen LogP contribution >= 0.6 is 0 Å². The molecule has 1 aliphatic heterocycles. The summed E-state index contributed by atoms with van der Waals surface area (Å²) in [6, 6.07) is 24.0. The Morgan fingerprint density at radius 2 is 1.61 bits per heavy atom. The maximum atomic E-state index is 4.73. The monoisotopic (exact) mass is 407 g/mol. The zero-order chi connectivity index (χ0) is 21.6. The molecule has 3 nitrogen and oxygen atoms in total. The van der Waals surface area contributed by atoms with Crippen LogP contribution in [0.3, 0.4) is 0 Å². The summed E-state index contributed by atoms with van der Waals surface area (Å²) in [6.45, 7) is 8.95. The van der Waals surface area contributed by atoms with Crippen LogP contribution < -0.4 is 10.6 Å². The van der Waals surface area contributed by atoms with Crippen molar-refractivity contribution >= 4 is 22.1 Å². The number of benzene rings is 3. The lowest BCUT2D eigenvalue weighted by molar-refractivity contribution is 0.590. The fraction of sp³-hybridized carbons (Fsp3) is 0.250. The summed E-state index contributed by atoms with van der Waals surface area (Å²) in [6.07, 6.45) is 2.90. The van der Waals surface area contributed by atoms with E-state index < -0.39 is 0 Å². The highest BCUT2D eigenvalue weighted by Gasteiger charge is 2.25. The third-order valence-corrected chi connectivity index (χ3v) is 6.28. The van der Waals surface area contributed by atoms with Gasteiger partial charge in [-0.1, -0.05) is 76.2 Å². The molecule has 0 spiro atoms. The number of rotatable bonds is 3. The normalized spacial score (nSPS) is 15.4. The quantitative estimate of drug-likeness (QED) is 0.374. The molecule has 1 aliphatic rings. The van der Waals surface area contributed by atoms with Crippen LogP contribution in [0.25, 0.3) is 22.0 Å². The van der Waals surface area contributed by atoms with Gasteiger partial charge in [0.25, 0.3) is 0 Å². The molecule has 3 heteroatoms. The zero-order valence-electron chi connectivity index (χ0n) is 18.7. The van der Waals surface area contributed by atoms with Crippen LogP contribution in [0.15, 0.2) is 72.9 Å². The topological polar surface area (TPSA) is 37.0 Å². The average molecular weight is 408 g/mol. The lowest BCUT2D eigenvalue weighted by Gasteiger charge is -2.19. The van der Waals surface area contributed by atoms with Crippen molar-refractivity contribution in [3.05, 3.63) is 89.6 Å². The number of nitrogens with one attached hydrogen (secondary N) is 2. The lowest BCUT2D eigenvalue weighted by atomic mass is 9.87. The van der Waals surface area contributed by atoms with E-state index in [1.165, 1.54) is 38.7 Å². The molecule has 0 bridgehead atoms. The molecule has 3 aromatic carbocycles. The van der Waals surface area contributed by atoms with Gasteiger partial charge >= 0.3 is 0 Å². The summed E-state index contributed by atoms with van der Waals surface area (Å²) in [5, 5.41) is 9.88. The van der Waals surface area contributed by atoms with Crippen LogP contribution in [-0.4, -0.2) is 4.98 Å². The number of hydrogen-bond acceptors (Lipinski definition) is 3. The Kier molecular flexibility index (Phi) is 4.70. The molecule has 0 saturated heterocycles. The first-order chi connectivity index (χ1) is 15.0. The molecule has 1 unspecified atom stereocenters. The Morgan fingerprint density at radius 1 is 0.839 bits per heavy atom. The number of fused-ring (bicyclic) bond motifs is 2. The minimum atomic E-state index is 0.0403. The molecule has 0 radical (unpaired) electrons. The zero-order valence-corrected chi connectivity index (χ0v) is 18.7. The van der Waals surface area contributed by atoms with E-state index in [9.17, 15) is 0 Å². The Labute approximate surface area is 184 Å². The highest BCUT2D eigenvalue weighted by molar-refractivity contribution is 5.99. The molecule has 0 aliphatic carbocycles. The van der Waals surface area contributed by atoms with Gasteiger partial charge in [-0.15, -0.1) is 0 Å². The van der Waals surface area contributed by atoms with E-state index in [-0.39, 0.29) is 11.6 Å². The molecule has 31 heavy (non-hydrogen) atoms. The standard InChI is InChI=1S/C28H29N3/c1-5-18-9-8-16-29-26(18)22-13-14-23(21-11-7-6-10-20(21)22)27-30-24-15-12-19(28(2,3)4)17-25(24)31-27/h6-17,27,30-31H,5H2,1-4H3. The average Bonchev–Trinajstić information content (AvgIpc) is 3.21. The number of anilines is 2. The molecular weight excluding hydrogens is 378 g/mol. The largest absolute Gasteiger partial charge is 0.360 e. The predicted molar refractivity (Wildman–Crippen MR) is 132 cm³/mol. The SMILES string of the molecule is CCc1cccnc1-c1ccc(C2Nc3ccc(C(C)(C)C)cc3N2)c2ccccc12. The second-order valence-corrected chi connectivity index (χ2v) is 9.34. The van der Waals surface area contributed by atoms with E-state index in [0.29, 0.717) is 0 Å². The van der Waals surface area contributed by atoms with Gasteiger partial charge in [-0.3, -0.25) is 4.98 Å². The fourth-order valence-electron chi connectivity index (χ4n) is 4.51. The van der Waals surface area contributed by atoms with Crippen LogP contribution in [0.1, 0.15) is 50.6 Å². The summed E-state index contributed by atoms with van der Waals surface area (Å²) >= 11 is 0. The van der Waals surface area contributed by atoms with Gasteiger partial charge in [-0.05, 0) is 51.9 Å². The van der Waals surface area contributed by atoms with Gasteiger partial charge in [-0.2, -0.15) is 0 Å². The van der Waals surface area contributed by atoms with Gasteiger partial charge in [-0.25, -0.2) is 0 Å². The molecule has 0 amide bonds. The third-order valence-electron chi connectivity index (χ3n) is 6.28. The summed E-state index contributed by atoms with van der Waals surface area (Å²) in [5.41, 5.74) is 8.60. The Bertz CT molecular complexity index is 1270. The van der Waals surface area contributed by atoms with Crippen LogP contribution in [0.2, 0.25) is 0 Å². The lowest BCUT2D eigenvalue weighted by Crippen LogP contribution is -2.13. The smallest absolute Gasteiger partial charge is 0.124 e. The van der Waals surface area contributed by atoms with Crippen molar-refractivity contribution in [3.8, 4) is 11.3 Å². The van der Waals surface area contributed by atoms with E-state index in [4.69, 9.17) is 4.98 Å². The van der Waals surface area contributed by atoms with Gasteiger partial charge in [0.15, 0.2) is 0 Å². The predicted octanol–water partition coefficient (Wildman–Crippen LogP) is 7.30. The van der Waals surface area contributed by atoms with Crippen molar-refractivity contribution in [1.82, 2.24) is 4.98 Å². The molecule has 2 heterocycles. The van der Waals surface area contributed by atoms with E-state index in [1.54, 1.807) is 0 Å². The van der Waals surface area contributed by atoms with Gasteiger partial charge in [0, 0.05) is 17.3 Å². The number of aryl methyl sites for hydroxylation is 1. The second kappa shape index (κ2) is 7.42. The number of pyridine rings is 1. The molecule has 156 valence electrons. The Morgan fingerprint density at radius 3 is 2.39 bits per heavy atom. The number of nitrogens with zero attached hydrogens (tertiary/aromatic N) is 1. The molecule has 1 atom stereocenters. The minimum absolute atomic E-state index is 0.0403. The maximum absolute atomic E-state index is 4.73. The summed E-state index contributed by atoms with van der Waals surface area (Å²) in [5.74, 6) is 0. The molecule has 5 rings (SSSR count). The van der Waals surface area contributed by atoms with E-state index in [0.717, 1.165) is 17.8 Å². The van der Waals surface area contributed by atoms with E-state index in [1.807, 2.05) is 12.3 Å². The van der Waals surface area contributed by atoms with Crippen molar-refractivity contribution in [2.45, 2.75) is 45.7 Å². The van der Waals surface area contributed by atoms with Crippen molar-refractivity contribution in [2.75, 3.05) is 10.6 Å². The molecule has 2 N–H and O–H groups in total. The first-order valence-electron chi connectivity index (χ1n) is 11.1. The van der Waals surface area contributed by atoms with Crippen LogP contribution in [-0.2, 0) is 11.8 Å². The Balaban J connectivity index is 1.58. The van der Waals surface area contributed by atoms with Crippen molar-refractivity contribution < 1.29 is 0 Å². The van der Waals surface area contributed by atoms with Crippen molar-refractivity contribution in [3.63, 3.8) is 0 Å². The van der Waals surface area contributed by atoms with Crippen molar-refractivity contribution in [2.24, 2.45) is 0 Å². The first-order valence-corrected chi connectivity index (χ1v) is 11.1. The Hall–Kier alpha value is -3.33. The van der Waals surface area contributed by atoms with Crippen LogP contribution in [0, 0.1) is 0 Å². The molecule has 0 fully saturated rings. The third kappa shape index (κ3) is 3.44. The molecule has 1 aromatic heterocycles. The molecular formula is C28H29N3. The minimum Gasteiger partial charge on any atom is -0.360 e.